The SMILES string of the molecule is COc1cccc(C(=O)NCCCc2nnc(S(=O)(=O)Cc3ccccc3)o2)c1. The lowest BCUT2D eigenvalue weighted by Crippen LogP contribution is -2.24. The summed E-state index contributed by atoms with van der Waals surface area (Å²) in [5, 5.41) is 9.85. The first-order valence-electron chi connectivity index (χ1n) is 8.99. The van der Waals surface area contributed by atoms with Gasteiger partial charge in [0.2, 0.25) is 15.7 Å². The second-order valence-corrected chi connectivity index (χ2v) is 8.17. The zero-order chi connectivity index (χ0) is 20.7. The van der Waals surface area contributed by atoms with Gasteiger partial charge >= 0.3 is 5.22 Å². The Balaban J connectivity index is 1.49. The van der Waals surface area contributed by atoms with Crippen LogP contribution in [0.15, 0.2) is 64.2 Å². The fourth-order valence-corrected chi connectivity index (χ4v) is 3.77. The largest absolute Gasteiger partial charge is 0.497 e. The number of hydrogen-bond acceptors (Lipinski definition) is 7. The molecule has 3 rings (SSSR count). The molecule has 1 heterocycles. The summed E-state index contributed by atoms with van der Waals surface area (Å²) < 4.78 is 35.2. The number of carbonyl (C=O) groups excluding carboxylic acids is 1. The topological polar surface area (TPSA) is 111 Å². The standard InChI is InChI=1S/C20H21N3O5S/c1-27-17-10-5-9-16(13-17)19(24)21-12-6-11-18-22-23-20(28-18)29(25,26)14-15-7-3-2-4-8-15/h2-5,7-10,13H,6,11-12,14H2,1H3,(H,21,24). The quantitative estimate of drug-likeness (QED) is 0.534. The van der Waals surface area contributed by atoms with Crippen molar-refractivity contribution < 1.29 is 22.4 Å². The van der Waals surface area contributed by atoms with Crippen LogP contribution in [-0.2, 0) is 22.0 Å². The van der Waals surface area contributed by atoms with Gasteiger partial charge < -0.3 is 14.5 Å². The highest BCUT2D eigenvalue weighted by Gasteiger charge is 2.22. The Hall–Kier alpha value is -3.20. The van der Waals surface area contributed by atoms with Gasteiger partial charge in [0.25, 0.3) is 5.91 Å². The fourth-order valence-electron chi connectivity index (χ4n) is 2.63. The van der Waals surface area contributed by atoms with Crippen molar-refractivity contribution in [3.8, 4) is 5.75 Å². The van der Waals surface area contributed by atoms with Crippen molar-refractivity contribution in [2.24, 2.45) is 0 Å². The van der Waals surface area contributed by atoms with Gasteiger partial charge in [0.1, 0.15) is 5.75 Å². The summed E-state index contributed by atoms with van der Waals surface area (Å²) in [7, 11) is -2.16. The molecule has 0 spiro atoms. The number of nitrogens with one attached hydrogen (secondary N) is 1. The molecule has 1 N–H and O–H groups in total. The molecule has 2 aromatic carbocycles. The van der Waals surface area contributed by atoms with Crippen LogP contribution in [0.25, 0.3) is 0 Å². The highest BCUT2D eigenvalue weighted by atomic mass is 32.2. The number of benzene rings is 2. The van der Waals surface area contributed by atoms with Gasteiger partial charge in [0.15, 0.2) is 0 Å². The molecule has 0 saturated heterocycles. The third kappa shape index (κ3) is 5.64. The molecule has 0 saturated carbocycles. The molecule has 9 heteroatoms. The number of rotatable bonds is 9. The van der Waals surface area contributed by atoms with Crippen molar-refractivity contribution >= 4 is 15.7 Å². The number of sulfone groups is 1. The minimum atomic E-state index is -3.70. The average Bonchev–Trinajstić information content (AvgIpc) is 3.21. The normalized spacial score (nSPS) is 11.2. The molecule has 0 fully saturated rings. The maximum atomic E-state index is 12.4. The Morgan fingerprint density at radius 1 is 1.10 bits per heavy atom. The maximum absolute atomic E-state index is 12.4. The molecule has 152 valence electrons. The monoisotopic (exact) mass is 415 g/mol. The minimum absolute atomic E-state index is 0.202. The summed E-state index contributed by atoms with van der Waals surface area (Å²) in [4.78, 5) is 12.1. The van der Waals surface area contributed by atoms with E-state index in [9.17, 15) is 13.2 Å². The van der Waals surface area contributed by atoms with Crippen molar-refractivity contribution in [3.63, 3.8) is 0 Å². The van der Waals surface area contributed by atoms with Gasteiger partial charge in [-0.1, -0.05) is 41.5 Å². The number of hydrogen-bond donors (Lipinski definition) is 1. The van der Waals surface area contributed by atoms with E-state index in [2.05, 4.69) is 15.5 Å². The Kier molecular flexibility index (Phi) is 6.61. The first-order valence-corrected chi connectivity index (χ1v) is 10.6. The lowest BCUT2D eigenvalue weighted by atomic mass is 10.2. The molecule has 0 aliphatic carbocycles. The Morgan fingerprint density at radius 3 is 2.66 bits per heavy atom. The molecule has 0 radical (unpaired) electrons. The van der Waals surface area contributed by atoms with Crippen molar-refractivity contribution in [2.45, 2.75) is 23.8 Å². The third-order valence-corrected chi connectivity index (χ3v) is 5.51. The van der Waals surface area contributed by atoms with E-state index in [4.69, 9.17) is 9.15 Å². The van der Waals surface area contributed by atoms with E-state index in [1.165, 1.54) is 7.11 Å². The van der Waals surface area contributed by atoms with Crippen LogP contribution in [0.1, 0.15) is 28.2 Å². The van der Waals surface area contributed by atoms with Gasteiger partial charge in [-0.15, -0.1) is 5.10 Å². The summed E-state index contributed by atoms with van der Waals surface area (Å²) in [5.41, 5.74) is 1.14. The molecule has 1 amide bonds. The summed E-state index contributed by atoms with van der Waals surface area (Å²) in [6, 6.07) is 15.6. The minimum Gasteiger partial charge on any atom is -0.497 e. The zero-order valence-electron chi connectivity index (χ0n) is 15.9. The smallest absolute Gasteiger partial charge is 0.335 e. The Morgan fingerprint density at radius 2 is 1.90 bits per heavy atom. The zero-order valence-corrected chi connectivity index (χ0v) is 16.7. The second kappa shape index (κ2) is 9.33. The first kappa shape index (κ1) is 20.5. The molecule has 3 aromatic rings. The molecule has 0 aliphatic rings. The summed E-state index contributed by atoms with van der Waals surface area (Å²) in [5.74, 6) is 0.395. The van der Waals surface area contributed by atoms with Crippen LogP contribution in [-0.4, -0.2) is 38.2 Å². The lowest BCUT2D eigenvalue weighted by molar-refractivity contribution is 0.0952. The number of aromatic nitrogens is 2. The Bertz CT molecular complexity index is 1060. The predicted octanol–water partition coefficient (Wildman–Crippen LogP) is 2.41. The van der Waals surface area contributed by atoms with E-state index in [-0.39, 0.29) is 17.6 Å². The molecule has 0 unspecified atom stereocenters. The second-order valence-electron chi connectivity index (χ2n) is 6.30. The van der Waals surface area contributed by atoms with Crippen LogP contribution in [0, 0.1) is 0 Å². The molecule has 29 heavy (non-hydrogen) atoms. The van der Waals surface area contributed by atoms with Gasteiger partial charge in [-0.2, -0.15) is 0 Å². The van der Waals surface area contributed by atoms with Crippen LogP contribution in [0.4, 0.5) is 0 Å². The summed E-state index contributed by atoms with van der Waals surface area (Å²) in [6.45, 7) is 0.379. The number of ether oxygens (including phenoxy) is 1. The van der Waals surface area contributed by atoms with Crippen molar-refractivity contribution in [2.75, 3.05) is 13.7 Å². The van der Waals surface area contributed by atoms with E-state index in [0.717, 1.165) is 0 Å². The molecular weight excluding hydrogens is 394 g/mol. The maximum Gasteiger partial charge on any atom is 0.335 e. The van der Waals surface area contributed by atoms with E-state index >= 15 is 0 Å². The van der Waals surface area contributed by atoms with E-state index in [1.807, 2.05) is 6.07 Å². The molecule has 0 bridgehead atoms. The van der Waals surface area contributed by atoms with Crippen LogP contribution < -0.4 is 10.1 Å². The fraction of sp³-hybridized carbons (Fsp3) is 0.250. The molecule has 0 aliphatic heterocycles. The number of carbonyl (C=O) groups is 1. The van der Waals surface area contributed by atoms with Crippen molar-refractivity contribution in [1.82, 2.24) is 15.5 Å². The van der Waals surface area contributed by atoms with Gasteiger partial charge in [-0.05, 0) is 30.2 Å². The van der Waals surface area contributed by atoms with E-state index in [1.54, 1.807) is 48.5 Å². The average molecular weight is 415 g/mol. The molecule has 8 nitrogen and oxygen atoms in total. The van der Waals surface area contributed by atoms with E-state index in [0.29, 0.717) is 36.3 Å². The van der Waals surface area contributed by atoms with Gasteiger partial charge in [-0.25, -0.2) is 8.42 Å². The van der Waals surface area contributed by atoms with Crippen molar-refractivity contribution in [3.05, 3.63) is 71.6 Å². The molecular formula is C20H21N3O5S. The first-order chi connectivity index (χ1) is 14.0. The highest BCUT2D eigenvalue weighted by molar-refractivity contribution is 7.90. The van der Waals surface area contributed by atoms with Crippen LogP contribution in [0.3, 0.4) is 0 Å². The van der Waals surface area contributed by atoms with Gasteiger partial charge in [0.05, 0.1) is 12.9 Å². The molecule has 0 atom stereocenters. The number of methoxy groups -OCH3 is 1. The van der Waals surface area contributed by atoms with Crippen LogP contribution in [0.2, 0.25) is 0 Å². The highest BCUT2D eigenvalue weighted by Crippen LogP contribution is 2.16. The number of nitrogens with zero attached hydrogens (tertiary/aromatic N) is 2. The number of aryl methyl sites for hydroxylation is 1. The van der Waals surface area contributed by atoms with Gasteiger partial charge in [0, 0.05) is 18.5 Å². The predicted molar refractivity (Wildman–Crippen MR) is 105 cm³/mol. The van der Waals surface area contributed by atoms with E-state index < -0.39 is 15.1 Å². The third-order valence-electron chi connectivity index (χ3n) is 4.10. The van der Waals surface area contributed by atoms with Crippen molar-refractivity contribution in [1.29, 1.82) is 0 Å². The van der Waals surface area contributed by atoms with Crippen LogP contribution >= 0.6 is 0 Å². The van der Waals surface area contributed by atoms with Crippen LogP contribution in [0.5, 0.6) is 5.75 Å². The van der Waals surface area contributed by atoms with Gasteiger partial charge in [-0.3, -0.25) is 4.79 Å². The Labute approximate surface area is 168 Å². The summed E-state index contributed by atoms with van der Waals surface area (Å²) in [6.07, 6.45) is 0.877. The summed E-state index contributed by atoms with van der Waals surface area (Å²) >= 11 is 0. The molecule has 1 aromatic heterocycles. The lowest BCUT2D eigenvalue weighted by Gasteiger charge is -2.06. The number of amides is 1.